The highest BCUT2D eigenvalue weighted by molar-refractivity contribution is 5.91. The third-order valence-corrected chi connectivity index (χ3v) is 6.73. The number of nitrogens with one attached hydrogen (secondary N) is 2. The molecule has 2 aromatic carbocycles. The van der Waals surface area contributed by atoms with Crippen molar-refractivity contribution in [3.8, 4) is 11.1 Å². The molecule has 0 bridgehead atoms. The van der Waals surface area contributed by atoms with Gasteiger partial charge in [0.2, 0.25) is 5.91 Å². The van der Waals surface area contributed by atoms with Crippen molar-refractivity contribution < 1.29 is 24.2 Å². The second kappa shape index (κ2) is 9.85. The minimum atomic E-state index is -1.27. The van der Waals surface area contributed by atoms with Gasteiger partial charge in [-0.3, -0.25) is 4.79 Å². The molecule has 0 saturated heterocycles. The molecule has 2 aliphatic carbocycles. The van der Waals surface area contributed by atoms with Gasteiger partial charge in [0.05, 0.1) is 0 Å². The summed E-state index contributed by atoms with van der Waals surface area (Å²) in [7, 11) is 3.56. The molecule has 4 rings (SSSR count). The molecule has 2 amide bonds. The monoisotopic (exact) mass is 465 g/mol. The van der Waals surface area contributed by atoms with Crippen molar-refractivity contribution in [3.63, 3.8) is 0 Å². The number of fused-ring (bicyclic) bond motifs is 3. The van der Waals surface area contributed by atoms with Gasteiger partial charge in [-0.15, -0.1) is 0 Å². The summed E-state index contributed by atoms with van der Waals surface area (Å²) >= 11 is 0. The Bertz CT molecular complexity index is 1030. The topological polar surface area (TPSA) is 108 Å². The lowest BCUT2D eigenvalue weighted by Crippen LogP contribution is -2.60. The van der Waals surface area contributed by atoms with Gasteiger partial charge in [0.1, 0.15) is 18.2 Å². The second-order valence-electron chi connectivity index (χ2n) is 9.37. The van der Waals surface area contributed by atoms with Crippen LogP contribution in [0.15, 0.2) is 48.5 Å². The van der Waals surface area contributed by atoms with Crippen LogP contribution in [0.25, 0.3) is 11.1 Å². The van der Waals surface area contributed by atoms with Crippen molar-refractivity contribution in [2.24, 2.45) is 0 Å². The van der Waals surface area contributed by atoms with Crippen molar-refractivity contribution in [2.45, 2.75) is 43.2 Å². The summed E-state index contributed by atoms with van der Waals surface area (Å²) in [5.41, 5.74) is 3.19. The van der Waals surface area contributed by atoms with Gasteiger partial charge in [-0.1, -0.05) is 61.4 Å². The van der Waals surface area contributed by atoms with E-state index in [0.717, 1.165) is 35.1 Å². The maximum Gasteiger partial charge on any atom is 0.407 e. The molecule has 0 unspecified atom stereocenters. The molecule has 2 aromatic rings. The van der Waals surface area contributed by atoms with Gasteiger partial charge in [0.15, 0.2) is 0 Å². The third-order valence-electron chi connectivity index (χ3n) is 6.73. The zero-order chi connectivity index (χ0) is 24.3. The van der Waals surface area contributed by atoms with Gasteiger partial charge in [-0.25, -0.2) is 9.59 Å². The van der Waals surface area contributed by atoms with E-state index < -0.39 is 29.6 Å². The Hall–Kier alpha value is -3.39. The molecular weight excluding hydrogens is 434 g/mol. The number of carbonyl (C=O) groups excluding carboxylic acids is 2. The molecule has 0 spiro atoms. The highest BCUT2D eigenvalue weighted by atomic mass is 16.5. The Labute approximate surface area is 199 Å². The number of hydrogen-bond donors (Lipinski definition) is 3. The predicted octanol–water partition coefficient (Wildman–Crippen LogP) is 2.97. The fourth-order valence-corrected chi connectivity index (χ4v) is 5.04. The maximum absolute atomic E-state index is 13.0. The van der Waals surface area contributed by atoms with Crippen LogP contribution in [0.4, 0.5) is 4.79 Å². The first-order chi connectivity index (χ1) is 16.3. The molecule has 1 saturated carbocycles. The molecule has 1 fully saturated rings. The number of likely N-dealkylation sites (N-methyl/N-ethyl adjacent to an activating group) is 1. The van der Waals surface area contributed by atoms with E-state index in [1.807, 2.05) is 36.4 Å². The number of carboxylic acids is 1. The van der Waals surface area contributed by atoms with Crippen LogP contribution in [-0.4, -0.2) is 66.8 Å². The molecule has 3 N–H and O–H groups in total. The summed E-state index contributed by atoms with van der Waals surface area (Å²) < 4.78 is 5.58. The van der Waals surface area contributed by atoms with E-state index in [4.69, 9.17) is 4.74 Å². The van der Waals surface area contributed by atoms with Gasteiger partial charge in [-0.05, 0) is 49.2 Å². The summed E-state index contributed by atoms with van der Waals surface area (Å²) in [6.45, 7) is 0.348. The number of rotatable bonds is 8. The van der Waals surface area contributed by atoms with Crippen molar-refractivity contribution in [1.82, 2.24) is 15.5 Å². The summed E-state index contributed by atoms with van der Waals surface area (Å²) in [5.74, 6) is -1.65. The first kappa shape index (κ1) is 23.8. The van der Waals surface area contributed by atoms with Gasteiger partial charge in [0.25, 0.3) is 0 Å². The van der Waals surface area contributed by atoms with Gasteiger partial charge < -0.3 is 25.4 Å². The predicted molar refractivity (Wildman–Crippen MR) is 128 cm³/mol. The summed E-state index contributed by atoms with van der Waals surface area (Å²) in [5, 5.41) is 15.0. The van der Waals surface area contributed by atoms with E-state index in [1.165, 1.54) is 0 Å². The minimum Gasteiger partial charge on any atom is -0.480 e. The number of carbonyl (C=O) groups is 3. The molecule has 0 radical (unpaired) electrons. The van der Waals surface area contributed by atoms with Crippen LogP contribution in [0.1, 0.15) is 42.7 Å². The van der Waals surface area contributed by atoms with Gasteiger partial charge >= 0.3 is 12.1 Å². The third kappa shape index (κ3) is 4.77. The summed E-state index contributed by atoms with van der Waals surface area (Å²) in [4.78, 5) is 39.3. The fraction of sp³-hybridized carbons (Fsp3) is 0.423. The van der Waals surface area contributed by atoms with E-state index >= 15 is 0 Å². The molecule has 1 atom stereocenters. The number of ether oxygens (including phenoxy) is 1. The normalized spacial score (nSPS) is 17.0. The lowest BCUT2D eigenvalue weighted by atomic mass is 9.97. The van der Waals surface area contributed by atoms with Crippen molar-refractivity contribution in [1.29, 1.82) is 0 Å². The van der Waals surface area contributed by atoms with Crippen LogP contribution < -0.4 is 10.6 Å². The molecule has 0 aliphatic heterocycles. The van der Waals surface area contributed by atoms with Crippen LogP contribution in [0.2, 0.25) is 0 Å². The number of amides is 2. The molecule has 34 heavy (non-hydrogen) atoms. The number of carboxylic acid groups (broad SMARTS) is 1. The lowest BCUT2D eigenvalue weighted by Gasteiger charge is -2.29. The SMILES string of the molecule is CN(C)C[C@H](NC(=O)OCC1c2ccccc2-c2ccccc21)C(=O)NC1(C(=O)O)CCCC1. The molecule has 2 aliphatic rings. The average molecular weight is 466 g/mol. The fourth-order valence-electron chi connectivity index (χ4n) is 5.04. The largest absolute Gasteiger partial charge is 0.480 e. The highest BCUT2D eigenvalue weighted by Gasteiger charge is 2.44. The molecule has 0 aromatic heterocycles. The molecule has 180 valence electrons. The zero-order valence-corrected chi connectivity index (χ0v) is 19.5. The van der Waals surface area contributed by atoms with Gasteiger partial charge in [0, 0.05) is 12.5 Å². The first-order valence-electron chi connectivity index (χ1n) is 11.6. The van der Waals surface area contributed by atoms with E-state index in [0.29, 0.717) is 12.8 Å². The molecular formula is C26H31N3O5. The smallest absolute Gasteiger partial charge is 0.407 e. The maximum atomic E-state index is 13.0. The number of aliphatic carboxylic acids is 1. The highest BCUT2D eigenvalue weighted by Crippen LogP contribution is 2.44. The van der Waals surface area contributed by atoms with Crippen LogP contribution in [0.5, 0.6) is 0 Å². The Kier molecular flexibility index (Phi) is 6.88. The van der Waals surface area contributed by atoms with Crippen molar-refractivity contribution in [3.05, 3.63) is 59.7 Å². The Morgan fingerprint density at radius 1 is 1.03 bits per heavy atom. The second-order valence-corrected chi connectivity index (χ2v) is 9.37. The van der Waals surface area contributed by atoms with E-state index in [9.17, 15) is 19.5 Å². The Balaban J connectivity index is 1.43. The first-order valence-corrected chi connectivity index (χ1v) is 11.6. The minimum absolute atomic E-state index is 0.0898. The van der Waals surface area contributed by atoms with Crippen molar-refractivity contribution >= 4 is 18.0 Å². The average Bonchev–Trinajstić information content (AvgIpc) is 3.41. The quantitative estimate of drug-likeness (QED) is 0.553. The van der Waals surface area contributed by atoms with Gasteiger partial charge in [-0.2, -0.15) is 0 Å². The van der Waals surface area contributed by atoms with Crippen molar-refractivity contribution in [2.75, 3.05) is 27.2 Å². The lowest BCUT2D eigenvalue weighted by molar-refractivity contribution is -0.147. The van der Waals surface area contributed by atoms with Crippen LogP contribution >= 0.6 is 0 Å². The van der Waals surface area contributed by atoms with E-state index in [2.05, 4.69) is 22.8 Å². The molecule has 8 nitrogen and oxygen atoms in total. The van der Waals surface area contributed by atoms with E-state index in [-0.39, 0.29) is 19.1 Å². The molecule has 0 heterocycles. The van der Waals surface area contributed by atoms with Crippen LogP contribution in [-0.2, 0) is 14.3 Å². The van der Waals surface area contributed by atoms with E-state index in [1.54, 1.807) is 19.0 Å². The Morgan fingerprint density at radius 3 is 2.12 bits per heavy atom. The van der Waals surface area contributed by atoms with Crippen LogP contribution in [0.3, 0.4) is 0 Å². The van der Waals surface area contributed by atoms with Crippen LogP contribution in [0, 0.1) is 0 Å². The Morgan fingerprint density at radius 2 is 1.59 bits per heavy atom. The molecule has 8 heteroatoms. The number of benzene rings is 2. The summed E-state index contributed by atoms with van der Waals surface area (Å²) in [6.07, 6.45) is 1.54. The number of alkyl carbamates (subject to hydrolysis) is 1. The standard InChI is InChI=1S/C26H31N3O5/c1-29(2)15-22(23(30)28-26(24(31)32)13-7-8-14-26)27-25(33)34-16-21-19-11-5-3-9-17(19)18-10-4-6-12-20(18)21/h3-6,9-12,21-22H,7-8,13-16H2,1-2H3,(H,27,33)(H,28,30)(H,31,32)/t22-/m0/s1. The zero-order valence-electron chi connectivity index (χ0n) is 19.5. The summed E-state index contributed by atoms with van der Waals surface area (Å²) in [6, 6.07) is 15.2. The number of nitrogens with zero attached hydrogens (tertiary/aromatic N) is 1. The number of hydrogen-bond acceptors (Lipinski definition) is 5.